The minimum atomic E-state index is -0.514. The number of hydrogen-bond donors (Lipinski definition) is 1. The number of carbonyl (C=O) groups is 1. The Morgan fingerprint density at radius 1 is 1.35 bits per heavy atom. The molecular weight excluding hydrogens is 301 g/mol. The molecular formula is C13H11ClFN3OS. The van der Waals surface area contributed by atoms with Crippen LogP contribution in [-0.4, -0.2) is 21.6 Å². The monoisotopic (exact) mass is 311 g/mol. The average molecular weight is 312 g/mol. The van der Waals surface area contributed by atoms with Crippen LogP contribution in [0.2, 0.25) is 5.02 Å². The van der Waals surface area contributed by atoms with E-state index < -0.39 is 5.82 Å². The second-order valence-electron chi connectivity index (χ2n) is 3.83. The van der Waals surface area contributed by atoms with E-state index in [4.69, 9.17) is 11.6 Å². The molecule has 2 rings (SSSR count). The van der Waals surface area contributed by atoms with Crippen molar-refractivity contribution in [3.8, 4) is 0 Å². The maximum absolute atomic E-state index is 13.0. The fourth-order valence-corrected chi connectivity index (χ4v) is 2.28. The van der Waals surface area contributed by atoms with Crippen LogP contribution in [0, 0.1) is 5.82 Å². The third-order valence-corrected chi connectivity index (χ3v) is 3.51. The fourth-order valence-electron chi connectivity index (χ4n) is 1.41. The molecule has 0 unspecified atom stereocenters. The molecule has 0 radical (unpaired) electrons. The van der Waals surface area contributed by atoms with Gasteiger partial charge < -0.3 is 5.32 Å². The van der Waals surface area contributed by atoms with Crippen molar-refractivity contribution < 1.29 is 9.18 Å². The maximum Gasteiger partial charge on any atom is 0.234 e. The standard InChI is InChI=1S/C13H11ClFN3OS/c14-10-6-9(2-3-11(10)15)18-13(19)8-20-7-12-16-4-1-5-17-12/h1-6H,7-8H2,(H,18,19). The highest BCUT2D eigenvalue weighted by atomic mass is 35.5. The highest BCUT2D eigenvalue weighted by molar-refractivity contribution is 7.99. The van der Waals surface area contributed by atoms with Gasteiger partial charge in [-0.15, -0.1) is 11.8 Å². The van der Waals surface area contributed by atoms with Crippen molar-refractivity contribution in [1.82, 2.24) is 9.97 Å². The number of halogens is 2. The Bertz CT molecular complexity index is 597. The summed E-state index contributed by atoms with van der Waals surface area (Å²) in [5.41, 5.74) is 0.470. The number of carbonyl (C=O) groups excluding carboxylic acids is 1. The minimum absolute atomic E-state index is 0.0202. The van der Waals surface area contributed by atoms with Crippen LogP contribution in [0.3, 0.4) is 0 Å². The smallest absolute Gasteiger partial charge is 0.234 e. The van der Waals surface area contributed by atoms with Crippen LogP contribution < -0.4 is 5.32 Å². The zero-order valence-electron chi connectivity index (χ0n) is 10.3. The lowest BCUT2D eigenvalue weighted by atomic mass is 10.3. The zero-order chi connectivity index (χ0) is 14.4. The first kappa shape index (κ1) is 14.7. The van der Waals surface area contributed by atoms with E-state index in [1.54, 1.807) is 18.5 Å². The van der Waals surface area contributed by atoms with Crippen LogP contribution in [-0.2, 0) is 10.5 Å². The number of rotatable bonds is 5. The molecule has 20 heavy (non-hydrogen) atoms. The van der Waals surface area contributed by atoms with Gasteiger partial charge >= 0.3 is 0 Å². The van der Waals surface area contributed by atoms with E-state index in [9.17, 15) is 9.18 Å². The molecule has 0 saturated carbocycles. The molecule has 1 aromatic carbocycles. The number of amides is 1. The minimum Gasteiger partial charge on any atom is -0.325 e. The summed E-state index contributed by atoms with van der Waals surface area (Å²) in [5, 5.41) is 2.62. The van der Waals surface area contributed by atoms with Gasteiger partial charge in [-0.25, -0.2) is 14.4 Å². The SMILES string of the molecule is O=C(CSCc1ncccn1)Nc1ccc(F)c(Cl)c1. The van der Waals surface area contributed by atoms with E-state index in [0.717, 1.165) is 0 Å². The highest BCUT2D eigenvalue weighted by Crippen LogP contribution is 2.19. The Morgan fingerprint density at radius 2 is 2.10 bits per heavy atom. The van der Waals surface area contributed by atoms with Crippen molar-refractivity contribution in [2.24, 2.45) is 0 Å². The molecule has 0 atom stereocenters. The molecule has 0 aliphatic carbocycles. The Morgan fingerprint density at radius 3 is 2.80 bits per heavy atom. The zero-order valence-corrected chi connectivity index (χ0v) is 11.9. The molecule has 1 amide bonds. The van der Waals surface area contributed by atoms with Crippen LogP contribution in [0.1, 0.15) is 5.82 Å². The van der Waals surface area contributed by atoms with Crippen LogP contribution in [0.15, 0.2) is 36.7 Å². The summed E-state index contributed by atoms with van der Waals surface area (Å²) in [7, 11) is 0. The summed E-state index contributed by atoms with van der Waals surface area (Å²) < 4.78 is 13.0. The van der Waals surface area contributed by atoms with Crippen molar-refractivity contribution in [2.45, 2.75) is 5.75 Å². The molecule has 1 aromatic heterocycles. The molecule has 2 aromatic rings. The van der Waals surface area contributed by atoms with Gasteiger partial charge in [0.2, 0.25) is 5.91 Å². The number of anilines is 1. The molecule has 0 aliphatic heterocycles. The van der Waals surface area contributed by atoms with Gasteiger partial charge in [0.1, 0.15) is 11.6 Å². The van der Waals surface area contributed by atoms with Crippen molar-refractivity contribution in [3.63, 3.8) is 0 Å². The molecule has 0 saturated heterocycles. The summed E-state index contributed by atoms with van der Waals surface area (Å²) in [6, 6.07) is 5.78. The maximum atomic E-state index is 13.0. The molecule has 7 heteroatoms. The first-order valence-electron chi connectivity index (χ1n) is 5.73. The van der Waals surface area contributed by atoms with Crippen LogP contribution in [0.25, 0.3) is 0 Å². The third kappa shape index (κ3) is 4.47. The molecule has 0 aliphatic rings. The highest BCUT2D eigenvalue weighted by Gasteiger charge is 2.06. The average Bonchev–Trinajstić information content (AvgIpc) is 2.44. The van der Waals surface area contributed by atoms with Gasteiger partial charge in [-0.2, -0.15) is 0 Å². The largest absolute Gasteiger partial charge is 0.325 e. The summed E-state index contributed by atoms with van der Waals surface area (Å²) in [6.07, 6.45) is 3.31. The fraction of sp³-hybridized carbons (Fsp3) is 0.154. The number of nitrogens with zero attached hydrogens (tertiary/aromatic N) is 2. The first-order valence-corrected chi connectivity index (χ1v) is 7.27. The van der Waals surface area contributed by atoms with E-state index in [2.05, 4.69) is 15.3 Å². The van der Waals surface area contributed by atoms with E-state index in [0.29, 0.717) is 17.3 Å². The quantitative estimate of drug-likeness (QED) is 0.921. The molecule has 0 bridgehead atoms. The summed E-state index contributed by atoms with van der Waals surface area (Å²) in [6.45, 7) is 0. The lowest BCUT2D eigenvalue weighted by Crippen LogP contribution is -2.14. The van der Waals surface area contributed by atoms with Crippen LogP contribution in [0.4, 0.5) is 10.1 Å². The predicted octanol–water partition coefficient (Wildman–Crippen LogP) is 3.14. The van der Waals surface area contributed by atoms with E-state index in [-0.39, 0.29) is 16.7 Å². The van der Waals surface area contributed by atoms with Gasteiger partial charge in [-0.3, -0.25) is 4.79 Å². The number of thioether (sulfide) groups is 1. The van der Waals surface area contributed by atoms with Gasteiger partial charge in [0, 0.05) is 18.1 Å². The second-order valence-corrected chi connectivity index (χ2v) is 5.23. The predicted molar refractivity (Wildman–Crippen MR) is 78.2 cm³/mol. The molecule has 1 heterocycles. The Hall–Kier alpha value is -1.66. The van der Waals surface area contributed by atoms with Crippen LogP contribution >= 0.6 is 23.4 Å². The van der Waals surface area contributed by atoms with Crippen molar-refractivity contribution in [3.05, 3.63) is 53.3 Å². The first-order chi connectivity index (χ1) is 9.65. The number of benzene rings is 1. The summed E-state index contributed by atoms with van der Waals surface area (Å²) >= 11 is 7.03. The summed E-state index contributed by atoms with van der Waals surface area (Å²) in [4.78, 5) is 19.8. The van der Waals surface area contributed by atoms with Gasteiger partial charge in [-0.05, 0) is 24.3 Å². The molecule has 1 N–H and O–H groups in total. The normalized spacial score (nSPS) is 10.3. The van der Waals surface area contributed by atoms with E-state index >= 15 is 0 Å². The van der Waals surface area contributed by atoms with Gasteiger partial charge in [0.05, 0.1) is 16.5 Å². The van der Waals surface area contributed by atoms with Crippen molar-refractivity contribution >= 4 is 35.0 Å². The lowest BCUT2D eigenvalue weighted by molar-refractivity contribution is -0.113. The molecule has 104 valence electrons. The Kier molecular flexibility index (Phi) is 5.31. The molecule has 4 nitrogen and oxygen atoms in total. The van der Waals surface area contributed by atoms with E-state index in [1.165, 1.54) is 30.0 Å². The number of aromatic nitrogens is 2. The molecule has 0 spiro atoms. The van der Waals surface area contributed by atoms with Gasteiger partial charge in [-0.1, -0.05) is 11.6 Å². The van der Waals surface area contributed by atoms with Gasteiger partial charge in [0.25, 0.3) is 0 Å². The van der Waals surface area contributed by atoms with Crippen LogP contribution in [0.5, 0.6) is 0 Å². The Balaban J connectivity index is 1.79. The van der Waals surface area contributed by atoms with E-state index in [1.807, 2.05) is 0 Å². The third-order valence-electron chi connectivity index (χ3n) is 2.29. The molecule has 0 fully saturated rings. The van der Waals surface area contributed by atoms with Gasteiger partial charge in [0.15, 0.2) is 0 Å². The Labute approximate surface area is 124 Å². The van der Waals surface area contributed by atoms with Crippen molar-refractivity contribution in [1.29, 1.82) is 0 Å². The summed E-state index contributed by atoms with van der Waals surface area (Å²) in [5.74, 6) is 0.787. The number of hydrogen-bond acceptors (Lipinski definition) is 4. The van der Waals surface area contributed by atoms with Crippen molar-refractivity contribution in [2.75, 3.05) is 11.1 Å². The number of nitrogens with one attached hydrogen (secondary N) is 1. The lowest BCUT2D eigenvalue weighted by Gasteiger charge is -2.05. The second kappa shape index (κ2) is 7.21. The topological polar surface area (TPSA) is 54.9 Å².